The van der Waals surface area contributed by atoms with Crippen LogP contribution in [0.5, 0.6) is 0 Å². The van der Waals surface area contributed by atoms with Gasteiger partial charge in [-0.1, -0.05) is 24.3 Å². The Kier molecular flexibility index (Phi) is 5.50. The fourth-order valence-corrected chi connectivity index (χ4v) is 4.44. The van der Waals surface area contributed by atoms with E-state index in [1.165, 1.54) is 6.42 Å². The van der Waals surface area contributed by atoms with E-state index in [0.29, 0.717) is 12.5 Å². The second-order valence-corrected chi connectivity index (χ2v) is 8.18. The Morgan fingerprint density at radius 3 is 2.90 bits per heavy atom. The molecule has 31 heavy (non-hydrogen) atoms. The number of rotatable bonds is 6. The topological polar surface area (TPSA) is 78.8 Å². The van der Waals surface area contributed by atoms with Crippen molar-refractivity contribution in [3.8, 4) is 5.69 Å². The maximum Gasteiger partial charge on any atom is 0.238 e. The summed E-state index contributed by atoms with van der Waals surface area (Å²) in [6.07, 6.45) is 8.52. The molecule has 5 rings (SSSR count). The summed E-state index contributed by atoms with van der Waals surface area (Å²) in [4.78, 5) is 27.3. The number of piperidine rings is 1. The van der Waals surface area contributed by atoms with E-state index in [9.17, 15) is 4.79 Å². The normalized spacial score (nSPS) is 17.1. The summed E-state index contributed by atoms with van der Waals surface area (Å²) >= 11 is 0. The van der Waals surface area contributed by atoms with E-state index in [2.05, 4.69) is 26.3 Å². The highest BCUT2D eigenvalue weighted by Crippen LogP contribution is 2.22. The van der Waals surface area contributed by atoms with Crippen molar-refractivity contribution in [2.45, 2.75) is 19.3 Å². The van der Waals surface area contributed by atoms with Crippen molar-refractivity contribution in [3.63, 3.8) is 0 Å². The molecular weight excluding hydrogens is 388 g/mol. The minimum absolute atomic E-state index is 0.0111. The second kappa shape index (κ2) is 8.73. The number of anilines is 1. The van der Waals surface area contributed by atoms with E-state index in [1.807, 2.05) is 53.2 Å². The summed E-state index contributed by atoms with van der Waals surface area (Å²) in [7, 11) is 0. The van der Waals surface area contributed by atoms with Gasteiger partial charge in [0.15, 0.2) is 0 Å². The van der Waals surface area contributed by atoms with Gasteiger partial charge in [0.25, 0.3) is 0 Å². The van der Waals surface area contributed by atoms with Crippen molar-refractivity contribution in [2.75, 3.05) is 25.0 Å². The van der Waals surface area contributed by atoms with Gasteiger partial charge in [-0.15, -0.1) is 0 Å². The van der Waals surface area contributed by atoms with Gasteiger partial charge in [0.2, 0.25) is 5.91 Å². The summed E-state index contributed by atoms with van der Waals surface area (Å²) in [5.74, 6) is 1.55. The molecule has 4 aromatic rings. The molecule has 1 aliphatic heterocycles. The zero-order valence-corrected chi connectivity index (χ0v) is 17.4. The second-order valence-electron chi connectivity index (χ2n) is 8.18. The molecule has 0 bridgehead atoms. The Morgan fingerprint density at radius 2 is 2.03 bits per heavy atom. The molecule has 7 nitrogen and oxygen atoms in total. The van der Waals surface area contributed by atoms with Crippen LogP contribution in [-0.4, -0.2) is 50.0 Å². The summed E-state index contributed by atoms with van der Waals surface area (Å²) in [6.45, 7) is 2.26. The average Bonchev–Trinajstić information content (AvgIpc) is 3.44. The highest BCUT2D eigenvalue weighted by molar-refractivity contribution is 5.94. The number of carbonyl (C=O) groups excluding carboxylic acids is 1. The maximum atomic E-state index is 12.8. The number of nitrogens with one attached hydrogen (secondary N) is 2. The molecule has 2 N–H and O–H groups in total. The lowest BCUT2D eigenvalue weighted by atomic mass is 9.94. The Bertz CT molecular complexity index is 1130. The molecule has 2 aromatic heterocycles. The van der Waals surface area contributed by atoms with E-state index in [1.54, 1.807) is 12.5 Å². The molecule has 0 spiro atoms. The van der Waals surface area contributed by atoms with Gasteiger partial charge in [0, 0.05) is 25.4 Å². The molecular formula is C24H26N6O. The molecule has 0 saturated carbocycles. The number of hydrogen-bond acceptors (Lipinski definition) is 4. The SMILES string of the molecule is O=C(CN1CCCC(Cc2nc3ccccc3[nH]2)C1)Nc1ccccc1-n1ccnc1. The van der Waals surface area contributed by atoms with Crippen LogP contribution in [0.25, 0.3) is 16.7 Å². The minimum Gasteiger partial charge on any atom is -0.342 e. The third-order valence-electron chi connectivity index (χ3n) is 5.85. The van der Waals surface area contributed by atoms with Crippen molar-refractivity contribution in [1.82, 2.24) is 24.4 Å². The molecule has 7 heteroatoms. The number of fused-ring (bicyclic) bond motifs is 1. The fraction of sp³-hybridized carbons (Fsp3) is 0.292. The lowest BCUT2D eigenvalue weighted by Gasteiger charge is -2.31. The molecule has 1 aliphatic rings. The van der Waals surface area contributed by atoms with Gasteiger partial charge in [-0.2, -0.15) is 0 Å². The van der Waals surface area contributed by atoms with Gasteiger partial charge in [0.05, 0.1) is 35.3 Å². The number of likely N-dealkylation sites (tertiary alicyclic amines) is 1. The third kappa shape index (κ3) is 4.51. The quantitative estimate of drug-likeness (QED) is 0.505. The van der Waals surface area contributed by atoms with Crippen LogP contribution < -0.4 is 5.32 Å². The molecule has 158 valence electrons. The fourth-order valence-electron chi connectivity index (χ4n) is 4.44. The van der Waals surface area contributed by atoms with Gasteiger partial charge in [-0.3, -0.25) is 9.69 Å². The van der Waals surface area contributed by atoms with Crippen LogP contribution in [0.2, 0.25) is 0 Å². The van der Waals surface area contributed by atoms with Gasteiger partial charge in [-0.25, -0.2) is 9.97 Å². The Labute approximate surface area is 181 Å². The number of benzene rings is 2. The Hall–Kier alpha value is -3.45. The lowest BCUT2D eigenvalue weighted by Crippen LogP contribution is -2.41. The average molecular weight is 415 g/mol. The summed E-state index contributed by atoms with van der Waals surface area (Å²) in [5.41, 5.74) is 3.80. The highest BCUT2D eigenvalue weighted by Gasteiger charge is 2.23. The smallest absolute Gasteiger partial charge is 0.238 e. The van der Waals surface area contributed by atoms with Crippen molar-refractivity contribution in [1.29, 1.82) is 0 Å². The molecule has 1 amide bonds. The molecule has 2 aromatic carbocycles. The van der Waals surface area contributed by atoms with E-state index in [4.69, 9.17) is 4.98 Å². The first-order chi connectivity index (χ1) is 15.2. The number of H-pyrrole nitrogens is 1. The number of nitrogens with zero attached hydrogens (tertiary/aromatic N) is 4. The number of imidazole rings is 2. The molecule has 3 heterocycles. The van der Waals surface area contributed by atoms with Gasteiger partial charge >= 0.3 is 0 Å². The van der Waals surface area contributed by atoms with E-state index >= 15 is 0 Å². The molecule has 0 radical (unpaired) electrons. The highest BCUT2D eigenvalue weighted by atomic mass is 16.2. The van der Waals surface area contributed by atoms with Crippen LogP contribution >= 0.6 is 0 Å². The first kappa shape index (κ1) is 19.5. The van der Waals surface area contributed by atoms with Gasteiger partial charge < -0.3 is 14.9 Å². The van der Waals surface area contributed by atoms with Crippen molar-refractivity contribution in [2.24, 2.45) is 5.92 Å². The van der Waals surface area contributed by atoms with Gasteiger partial charge in [0.1, 0.15) is 5.82 Å². The predicted molar refractivity (Wildman–Crippen MR) is 121 cm³/mol. The predicted octanol–water partition coefficient (Wildman–Crippen LogP) is 3.64. The molecule has 1 saturated heterocycles. The van der Waals surface area contributed by atoms with Crippen LogP contribution in [0, 0.1) is 5.92 Å². The lowest BCUT2D eigenvalue weighted by molar-refractivity contribution is -0.117. The van der Waals surface area contributed by atoms with Crippen molar-refractivity contribution >= 4 is 22.6 Å². The number of para-hydroxylation sites is 4. The number of aromatic nitrogens is 4. The first-order valence-corrected chi connectivity index (χ1v) is 10.8. The van der Waals surface area contributed by atoms with Crippen LogP contribution in [-0.2, 0) is 11.2 Å². The zero-order valence-electron chi connectivity index (χ0n) is 17.4. The molecule has 1 atom stereocenters. The Balaban J connectivity index is 1.20. The van der Waals surface area contributed by atoms with E-state index in [-0.39, 0.29) is 5.91 Å². The number of hydrogen-bond donors (Lipinski definition) is 2. The number of amides is 1. The van der Waals surface area contributed by atoms with Crippen LogP contribution in [0.4, 0.5) is 5.69 Å². The minimum atomic E-state index is 0.0111. The monoisotopic (exact) mass is 414 g/mol. The summed E-state index contributed by atoms with van der Waals surface area (Å²) < 4.78 is 1.90. The third-order valence-corrected chi connectivity index (χ3v) is 5.85. The summed E-state index contributed by atoms with van der Waals surface area (Å²) in [6, 6.07) is 15.9. The Morgan fingerprint density at radius 1 is 1.16 bits per heavy atom. The van der Waals surface area contributed by atoms with Gasteiger partial charge in [-0.05, 0) is 49.6 Å². The standard InChI is InChI=1S/C24H26N6O/c31-24(28-21-9-3-4-10-22(21)30-13-11-25-17-30)16-29-12-5-6-18(15-29)14-23-26-19-7-1-2-8-20(19)27-23/h1-4,7-11,13,17-18H,5-6,12,14-16H2,(H,26,27)(H,28,31). The first-order valence-electron chi connectivity index (χ1n) is 10.8. The van der Waals surface area contributed by atoms with Crippen molar-refractivity contribution in [3.05, 3.63) is 73.1 Å². The molecule has 1 unspecified atom stereocenters. The van der Waals surface area contributed by atoms with Crippen LogP contribution in [0.1, 0.15) is 18.7 Å². The number of aromatic amines is 1. The molecule has 0 aliphatic carbocycles. The largest absolute Gasteiger partial charge is 0.342 e. The molecule has 1 fully saturated rings. The van der Waals surface area contributed by atoms with E-state index < -0.39 is 0 Å². The zero-order chi connectivity index (χ0) is 21.0. The van der Waals surface area contributed by atoms with Crippen LogP contribution in [0.15, 0.2) is 67.3 Å². The maximum absolute atomic E-state index is 12.8. The van der Waals surface area contributed by atoms with Crippen molar-refractivity contribution < 1.29 is 4.79 Å². The number of carbonyl (C=O) groups is 1. The van der Waals surface area contributed by atoms with Crippen LogP contribution in [0.3, 0.4) is 0 Å². The van der Waals surface area contributed by atoms with E-state index in [0.717, 1.165) is 54.2 Å². The summed E-state index contributed by atoms with van der Waals surface area (Å²) in [5, 5.41) is 3.08.